The number of carbonyl (C=O) groups is 3. The Hall–Kier alpha value is -2.41. The van der Waals surface area contributed by atoms with Gasteiger partial charge in [0, 0.05) is 44.7 Å². The average molecular weight is 384 g/mol. The van der Waals surface area contributed by atoms with Gasteiger partial charge in [-0.15, -0.1) is 0 Å². The summed E-state index contributed by atoms with van der Waals surface area (Å²) in [5.74, 6) is -0.0378. The molecule has 1 aromatic carbocycles. The fraction of sp³-hybridized carbons (Fsp3) is 0.571. The molecule has 0 unspecified atom stereocenters. The van der Waals surface area contributed by atoms with E-state index in [0.717, 1.165) is 31.7 Å². The Kier molecular flexibility index (Phi) is 5.10. The highest BCUT2D eigenvalue weighted by Crippen LogP contribution is 2.41. The number of nitrogens with zero attached hydrogens (tertiary/aromatic N) is 4. The molecule has 4 rings (SSSR count). The van der Waals surface area contributed by atoms with Crippen LogP contribution in [0, 0.1) is 0 Å². The van der Waals surface area contributed by atoms with E-state index in [4.69, 9.17) is 0 Å². The SMILES string of the molecule is CCCN1C(=O)[C@@H]2CCC(=O)N2c2ccc(C(=O)N3CCN(CC)CC3)cc21. The topological polar surface area (TPSA) is 64.2 Å². The minimum absolute atomic E-state index is 0.00248. The van der Waals surface area contributed by atoms with Crippen LogP contribution in [-0.2, 0) is 9.59 Å². The Morgan fingerprint density at radius 3 is 2.50 bits per heavy atom. The maximum Gasteiger partial charge on any atom is 0.254 e. The Balaban J connectivity index is 1.65. The summed E-state index contributed by atoms with van der Waals surface area (Å²) in [6, 6.07) is 5.06. The van der Waals surface area contributed by atoms with Crippen LogP contribution in [0.4, 0.5) is 11.4 Å². The number of anilines is 2. The summed E-state index contributed by atoms with van der Waals surface area (Å²) < 4.78 is 0. The summed E-state index contributed by atoms with van der Waals surface area (Å²) in [7, 11) is 0. The van der Waals surface area contributed by atoms with Crippen molar-refractivity contribution in [1.29, 1.82) is 0 Å². The van der Waals surface area contributed by atoms with Crippen LogP contribution < -0.4 is 9.80 Å². The van der Waals surface area contributed by atoms with Crippen LogP contribution in [0.25, 0.3) is 0 Å². The molecule has 7 heteroatoms. The largest absolute Gasteiger partial charge is 0.336 e. The van der Waals surface area contributed by atoms with Gasteiger partial charge in [-0.1, -0.05) is 13.8 Å². The Labute approximate surface area is 165 Å². The molecule has 0 spiro atoms. The molecule has 0 saturated carbocycles. The zero-order valence-corrected chi connectivity index (χ0v) is 16.7. The van der Waals surface area contributed by atoms with Gasteiger partial charge in [0.05, 0.1) is 11.4 Å². The Morgan fingerprint density at radius 2 is 1.82 bits per heavy atom. The molecule has 0 aromatic heterocycles. The molecule has 3 heterocycles. The fourth-order valence-corrected chi connectivity index (χ4v) is 4.50. The summed E-state index contributed by atoms with van der Waals surface area (Å²) in [6.07, 6.45) is 1.79. The lowest BCUT2D eigenvalue weighted by Crippen LogP contribution is -2.52. The molecule has 3 aliphatic heterocycles. The summed E-state index contributed by atoms with van der Waals surface area (Å²) >= 11 is 0. The van der Waals surface area contributed by atoms with Crippen molar-refractivity contribution in [3.05, 3.63) is 23.8 Å². The number of piperazine rings is 1. The van der Waals surface area contributed by atoms with Gasteiger partial charge in [-0.25, -0.2) is 0 Å². The van der Waals surface area contributed by atoms with E-state index >= 15 is 0 Å². The second-order valence-electron chi connectivity index (χ2n) is 7.74. The van der Waals surface area contributed by atoms with Gasteiger partial charge in [0.25, 0.3) is 5.91 Å². The first-order valence-electron chi connectivity index (χ1n) is 10.3. The van der Waals surface area contributed by atoms with Gasteiger partial charge in [-0.2, -0.15) is 0 Å². The second-order valence-corrected chi connectivity index (χ2v) is 7.74. The molecular formula is C21H28N4O3. The van der Waals surface area contributed by atoms with Crippen molar-refractivity contribution in [1.82, 2.24) is 9.80 Å². The quantitative estimate of drug-likeness (QED) is 0.793. The Bertz CT molecular complexity index is 801. The second kappa shape index (κ2) is 7.54. The molecule has 2 saturated heterocycles. The molecular weight excluding hydrogens is 356 g/mol. The van der Waals surface area contributed by atoms with Crippen LogP contribution in [-0.4, -0.2) is 72.8 Å². The van der Waals surface area contributed by atoms with E-state index < -0.39 is 6.04 Å². The number of benzene rings is 1. The standard InChI is InChI=1S/C21H28N4O3/c1-3-9-24-18-14-15(20(27)23-12-10-22(4-2)11-13-23)5-6-16(18)25-17(21(24)28)7-8-19(25)26/h5-6,14,17H,3-4,7-13H2,1-2H3/t17-/m0/s1. The van der Waals surface area contributed by atoms with Crippen LogP contribution in [0.1, 0.15) is 43.5 Å². The molecule has 0 bridgehead atoms. The van der Waals surface area contributed by atoms with E-state index in [9.17, 15) is 14.4 Å². The van der Waals surface area contributed by atoms with Crippen molar-refractivity contribution >= 4 is 29.1 Å². The van der Waals surface area contributed by atoms with Gasteiger partial charge < -0.3 is 14.7 Å². The summed E-state index contributed by atoms with van der Waals surface area (Å²) in [5, 5.41) is 0. The zero-order chi connectivity index (χ0) is 19.8. The lowest BCUT2D eigenvalue weighted by Gasteiger charge is -2.39. The molecule has 3 aliphatic rings. The lowest BCUT2D eigenvalue weighted by molar-refractivity contribution is -0.122. The molecule has 1 aromatic rings. The van der Waals surface area contributed by atoms with E-state index in [2.05, 4.69) is 11.8 Å². The van der Waals surface area contributed by atoms with E-state index in [1.807, 2.05) is 17.9 Å². The minimum Gasteiger partial charge on any atom is -0.336 e. The highest BCUT2D eigenvalue weighted by atomic mass is 16.2. The number of rotatable bonds is 4. The highest BCUT2D eigenvalue weighted by molar-refractivity contribution is 6.15. The third-order valence-corrected chi connectivity index (χ3v) is 6.09. The van der Waals surface area contributed by atoms with Crippen molar-refractivity contribution in [3.8, 4) is 0 Å². The summed E-state index contributed by atoms with van der Waals surface area (Å²) in [5.41, 5.74) is 2.03. The predicted molar refractivity (Wildman–Crippen MR) is 108 cm³/mol. The van der Waals surface area contributed by atoms with Crippen LogP contribution >= 0.6 is 0 Å². The molecule has 28 heavy (non-hydrogen) atoms. The first-order chi connectivity index (χ1) is 13.5. The minimum atomic E-state index is -0.393. The molecule has 7 nitrogen and oxygen atoms in total. The molecule has 0 aliphatic carbocycles. The van der Waals surface area contributed by atoms with E-state index in [-0.39, 0.29) is 17.7 Å². The van der Waals surface area contributed by atoms with Gasteiger partial charge in [0.15, 0.2) is 0 Å². The van der Waals surface area contributed by atoms with Crippen molar-refractivity contribution in [2.75, 3.05) is 49.1 Å². The highest BCUT2D eigenvalue weighted by Gasteiger charge is 2.45. The van der Waals surface area contributed by atoms with Crippen molar-refractivity contribution in [2.24, 2.45) is 0 Å². The number of amides is 3. The lowest BCUT2D eigenvalue weighted by atomic mass is 10.0. The zero-order valence-electron chi connectivity index (χ0n) is 16.7. The molecule has 0 radical (unpaired) electrons. The smallest absolute Gasteiger partial charge is 0.254 e. The molecule has 2 fully saturated rings. The molecule has 0 N–H and O–H groups in total. The third kappa shape index (κ3) is 3.07. The molecule has 3 amide bonds. The maximum absolute atomic E-state index is 13.0. The van der Waals surface area contributed by atoms with Crippen LogP contribution in [0.5, 0.6) is 0 Å². The summed E-state index contributed by atoms with van der Waals surface area (Å²) in [6.45, 7) is 8.96. The fourth-order valence-electron chi connectivity index (χ4n) is 4.50. The van der Waals surface area contributed by atoms with Gasteiger partial charge >= 0.3 is 0 Å². The van der Waals surface area contributed by atoms with E-state index in [1.165, 1.54) is 0 Å². The monoisotopic (exact) mass is 384 g/mol. The van der Waals surface area contributed by atoms with Crippen molar-refractivity contribution in [2.45, 2.75) is 39.2 Å². The normalized spacial score (nSPS) is 22.5. The van der Waals surface area contributed by atoms with Gasteiger partial charge in [-0.3, -0.25) is 19.3 Å². The molecule has 1 atom stereocenters. The van der Waals surface area contributed by atoms with Crippen molar-refractivity contribution in [3.63, 3.8) is 0 Å². The number of carbonyl (C=O) groups excluding carboxylic acids is 3. The first-order valence-corrected chi connectivity index (χ1v) is 10.3. The van der Waals surface area contributed by atoms with E-state index in [0.29, 0.717) is 43.7 Å². The van der Waals surface area contributed by atoms with Gasteiger partial charge in [0.1, 0.15) is 6.04 Å². The number of likely N-dealkylation sites (N-methyl/N-ethyl adjacent to an activating group) is 1. The average Bonchev–Trinajstić information content (AvgIpc) is 3.12. The van der Waals surface area contributed by atoms with Crippen molar-refractivity contribution < 1.29 is 14.4 Å². The van der Waals surface area contributed by atoms with E-state index in [1.54, 1.807) is 21.9 Å². The Morgan fingerprint density at radius 1 is 1.07 bits per heavy atom. The maximum atomic E-state index is 13.0. The van der Waals surface area contributed by atoms with Gasteiger partial charge in [0.2, 0.25) is 11.8 Å². The van der Waals surface area contributed by atoms with Crippen LogP contribution in [0.2, 0.25) is 0 Å². The predicted octanol–water partition coefficient (Wildman–Crippen LogP) is 1.72. The first kappa shape index (κ1) is 18.9. The van der Waals surface area contributed by atoms with Crippen LogP contribution in [0.3, 0.4) is 0 Å². The summed E-state index contributed by atoms with van der Waals surface area (Å²) in [4.78, 5) is 46.0. The van der Waals surface area contributed by atoms with Gasteiger partial charge in [-0.05, 0) is 37.6 Å². The number of hydrogen-bond acceptors (Lipinski definition) is 4. The van der Waals surface area contributed by atoms with Crippen LogP contribution in [0.15, 0.2) is 18.2 Å². The number of hydrogen-bond donors (Lipinski definition) is 0. The molecule has 150 valence electrons. The number of fused-ring (bicyclic) bond motifs is 3. The third-order valence-electron chi connectivity index (χ3n) is 6.09.